The average Bonchev–Trinajstić information content (AvgIpc) is 3.21. The van der Waals surface area contributed by atoms with Crippen LogP contribution in [0.4, 0.5) is 0 Å². The molecule has 0 radical (unpaired) electrons. The number of H-pyrrole nitrogens is 1. The van der Waals surface area contributed by atoms with Crippen molar-refractivity contribution in [3.05, 3.63) is 20.6 Å². The van der Waals surface area contributed by atoms with Gasteiger partial charge in [-0.2, -0.15) is 5.10 Å². The van der Waals surface area contributed by atoms with Crippen molar-refractivity contribution in [2.75, 3.05) is 6.61 Å². The number of aromatic amines is 1. The van der Waals surface area contributed by atoms with Gasteiger partial charge in [0.1, 0.15) is 0 Å². The number of hydrogen-bond acceptors (Lipinski definition) is 4. The second-order valence-electron chi connectivity index (χ2n) is 5.86. The fourth-order valence-corrected chi connectivity index (χ4v) is 4.70. The van der Waals surface area contributed by atoms with E-state index < -0.39 is 0 Å². The van der Waals surface area contributed by atoms with E-state index in [1.54, 1.807) is 0 Å². The van der Waals surface area contributed by atoms with Gasteiger partial charge < -0.3 is 4.74 Å². The summed E-state index contributed by atoms with van der Waals surface area (Å²) in [5, 5.41) is 9.73. The van der Waals surface area contributed by atoms with E-state index in [1.807, 2.05) is 11.3 Å². The molecule has 3 heterocycles. The molecule has 2 aliphatic rings. The SMILES string of the molecule is S=c1[nH]nc(-c2csc3c2CCCC3)n1CC1CCCO1. The lowest BCUT2D eigenvalue weighted by molar-refractivity contribution is 0.0970. The molecule has 2 aromatic heterocycles. The second kappa shape index (κ2) is 5.66. The number of nitrogens with one attached hydrogen (secondary N) is 1. The molecule has 1 N–H and O–H groups in total. The van der Waals surface area contributed by atoms with Crippen LogP contribution < -0.4 is 0 Å². The zero-order valence-electron chi connectivity index (χ0n) is 11.9. The van der Waals surface area contributed by atoms with Crippen molar-refractivity contribution in [1.82, 2.24) is 14.8 Å². The summed E-state index contributed by atoms with van der Waals surface area (Å²) in [6.45, 7) is 1.69. The monoisotopic (exact) mass is 321 g/mol. The van der Waals surface area contributed by atoms with Crippen molar-refractivity contribution in [3.63, 3.8) is 0 Å². The normalized spacial score (nSPS) is 21.6. The van der Waals surface area contributed by atoms with E-state index >= 15 is 0 Å². The van der Waals surface area contributed by atoms with Gasteiger partial charge in [-0.3, -0.25) is 9.67 Å². The number of ether oxygens (including phenoxy) is 1. The Morgan fingerprint density at radius 3 is 3.14 bits per heavy atom. The molecule has 1 aliphatic carbocycles. The molecule has 4 nitrogen and oxygen atoms in total. The topological polar surface area (TPSA) is 42.8 Å². The number of aryl methyl sites for hydroxylation is 1. The van der Waals surface area contributed by atoms with Crippen molar-refractivity contribution >= 4 is 23.6 Å². The highest BCUT2D eigenvalue weighted by Crippen LogP contribution is 2.36. The highest BCUT2D eigenvalue weighted by Gasteiger charge is 2.23. The summed E-state index contributed by atoms with van der Waals surface area (Å²) in [4.78, 5) is 1.54. The van der Waals surface area contributed by atoms with Gasteiger partial charge in [-0.1, -0.05) is 0 Å². The highest BCUT2D eigenvalue weighted by atomic mass is 32.1. The van der Waals surface area contributed by atoms with Crippen LogP contribution >= 0.6 is 23.6 Å². The third-order valence-electron chi connectivity index (χ3n) is 4.47. The molecular formula is C15H19N3OS2. The van der Waals surface area contributed by atoms with Crippen LogP contribution in [0.2, 0.25) is 0 Å². The molecule has 112 valence electrons. The van der Waals surface area contributed by atoms with Gasteiger partial charge in [0.15, 0.2) is 10.6 Å². The summed E-state index contributed by atoms with van der Waals surface area (Å²) in [6.07, 6.45) is 7.55. The molecule has 1 saturated heterocycles. The number of hydrogen-bond donors (Lipinski definition) is 1. The predicted octanol–water partition coefficient (Wildman–Crippen LogP) is 3.73. The number of fused-ring (bicyclic) bond motifs is 1. The standard InChI is InChI=1S/C15H19N3OS2/c20-15-17-16-14(18(15)8-10-4-3-7-19-10)12-9-21-13-6-2-1-5-11(12)13/h9-10H,1-8H2,(H,17,20). The first-order valence-electron chi connectivity index (χ1n) is 7.69. The average molecular weight is 321 g/mol. The van der Waals surface area contributed by atoms with Crippen molar-refractivity contribution in [2.24, 2.45) is 0 Å². The summed E-state index contributed by atoms with van der Waals surface area (Å²) in [5.41, 5.74) is 2.77. The fraction of sp³-hybridized carbons (Fsp3) is 0.600. The molecule has 4 rings (SSSR count). The van der Waals surface area contributed by atoms with Crippen LogP contribution in [-0.4, -0.2) is 27.5 Å². The second-order valence-corrected chi connectivity index (χ2v) is 7.21. The van der Waals surface area contributed by atoms with E-state index in [0.717, 1.165) is 31.8 Å². The van der Waals surface area contributed by atoms with Crippen molar-refractivity contribution < 1.29 is 4.74 Å². The molecule has 0 spiro atoms. The zero-order chi connectivity index (χ0) is 14.2. The molecule has 2 aromatic rings. The molecule has 1 fully saturated rings. The van der Waals surface area contributed by atoms with Gasteiger partial charge in [0.05, 0.1) is 12.6 Å². The summed E-state index contributed by atoms with van der Waals surface area (Å²) < 4.78 is 8.59. The molecule has 1 atom stereocenters. The van der Waals surface area contributed by atoms with Gasteiger partial charge in [0.25, 0.3) is 0 Å². The lowest BCUT2D eigenvalue weighted by atomic mass is 9.95. The number of aromatic nitrogens is 3. The Hall–Kier alpha value is -0.980. The van der Waals surface area contributed by atoms with Crippen LogP contribution in [0, 0.1) is 4.77 Å². The van der Waals surface area contributed by atoms with Crippen molar-refractivity contribution in [2.45, 2.75) is 51.2 Å². The lowest BCUT2D eigenvalue weighted by Gasteiger charge is -2.15. The minimum Gasteiger partial charge on any atom is -0.376 e. The molecule has 1 aliphatic heterocycles. The van der Waals surface area contributed by atoms with Crippen LogP contribution in [0.5, 0.6) is 0 Å². The number of thiophene rings is 1. The highest BCUT2D eigenvalue weighted by molar-refractivity contribution is 7.71. The third kappa shape index (κ3) is 2.49. The summed E-state index contributed by atoms with van der Waals surface area (Å²) in [7, 11) is 0. The Morgan fingerprint density at radius 2 is 2.29 bits per heavy atom. The van der Waals surface area contributed by atoms with E-state index in [0.29, 0.717) is 4.77 Å². The van der Waals surface area contributed by atoms with Gasteiger partial charge in [0.2, 0.25) is 0 Å². The largest absolute Gasteiger partial charge is 0.376 e. The molecule has 1 unspecified atom stereocenters. The Balaban J connectivity index is 1.72. The molecule has 0 saturated carbocycles. The molecule has 0 amide bonds. The smallest absolute Gasteiger partial charge is 0.195 e. The molecular weight excluding hydrogens is 302 g/mol. The summed E-state index contributed by atoms with van der Waals surface area (Å²) in [6, 6.07) is 0. The van der Waals surface area contributed by atoms with Crippen molar-refractivity contribution in [1.29, 1.82) is 0 Å². The Bertz CT molecular complexity index is 694. The zero-order valence-corrected chi connectivity index (χ0v) is 13.6. The van der Waals surface area contributed by atoms with E-state index in [9.17, 15) is 0 Å². The van der Waals surface area contributed by atoms with Gasteiger partial charge in [-0.25, -0.2) is 0 Å². The van der Waals surface area contributed by atoms with E-state index in [-0.39, 0.29) is 6.10 Å². The van der Waals surface area contributed by atoms with Crippen LogP contribution in [0.25, 0.3) is 11.4 Å². The predicted molar refractivity (Wildman–Crippen MR) is 86.3 cm³/mol. The number of nitrogens with zero attached hydrogens (tertiary/aromatic N) is 2. The minimum absolute atomic E-state index is 0.280. The molecule has 0 bridgehead atoms. The van der Waals surface area contributed by atoms with E-state index in [4.69, 9.17) is 17.0 Å². The maximum Gasteiger partial charge on any atom is 0.195 e. The summed E-state index contributed by atoms with van der Waals surface area (Å²) in [5.74, 6) is 0.995. The first-order chi connectivity index (χ1) is 10.3. The maximum atomic E-state index is 5.76. The van der Waals surface area contributed by atoms with Crippen LogP contribution in [0.15, 0.2) is 5.38 Å². The first kappa shape index (κ1) is 13.7. The molecule has 21 heavy (non-hydrogen) atoms. The fourth-order valence-electron chi connectivity index (χ4n) is 3.37. The van der Waals surface area contributed by atoms with Gasteiger partial charge in [-0.15, -0.1) is 11.3 Å². The maximum absolute atomic E-state index is 5.76. The quantitative estimate of drug-likeness (QED) is 0.876. The van der Waals surface area contributed by atoms with Crippen molar-refractivity contribution in [3.8, 4) is 11.4 Å². The Kier molecular flexibility index (Phi) is 3.69. The first-order valence-corrected chi connectivity index (χ1v) is 8.98. The van der Waals surface area contributed by atoms with Crippen LogP contribution in [0.1, 0.15) is 36.1 Å². The van der Waals surface area contributed by atoms with E-state index in [1.165, 1.54) is 41.7 Å². The summed E-state index contributed by atoms with van der Waals surface area (Å²) >= 11 is 7.30. The van der Waals surface area contributed by atoms with Gasteiger partial charge in [-0.05, 0) is 56.3 Å². The minimum atomic E-state index is 0.280. The number of rotatable bonds is 3. The van der Waals surface area contributed by atoms with Gasteiger partial charge >= 0.3 is 0 Å². The molecule has 6 heteroatoms. The lowest BCUT2D eigenvalue weighted by Crippen LogP contribution is -2.16. The Morgan fingerprint density at radius 1 is 1.38 bits per heavy atom. The van der Waals surface area contributed by atoms with Crippen LogP contribution in [0.3, 0.4) is 0 Å². The third-order valence-corrected chi connectivity index (χ3v) is 5.87. The molecule has 0 aromatic carbocycles. The van der Waals surface area contributed by atoms with E-state index in [2.05, 4.69) is 20.1 Å². The van der Waals surface area contributed by atoms with Gasteiger partial charge in [0, 0.05) is 22.4 Å². The van der Waals surface area contributed by atoms with Crippen LogP contribution in [-0.2, 0) is 24.1 Å². The Labute approximate surface area is 133 Å².